The summed E-state index contributed by atoms with van der Waals surface area (Å²) in [6, 6.07) is 3.04. The number of likely N-dealkylation sites (N-methyl/N-ethyl adjacent to an activating group) is 1. The van der Waals surface area contributed by atoms with E-state index in [2.05, 4.69) is 0 Å². The quantitative estimate of drug-likeness (QED) is 0.321. The summed E-state index contributed by atoms with van der Waals surface area (Å²) in [7, 11) is 0. The van der Waals surface area contributed by atoms with Crippen molar-refractivity contribution in [2.45, 2.75) is 13.5 Å². The standard InChI is InChI=1S/C12H16N4O4/c1-2-15-5-6-16(12(19)11(15)18)7-8-3-4-9(20-8)10(17)14-13/h3-4H,2,5-7,13H2,1H3,(H,14,17). The van der Waals surface area contributed by atoms with Crippen LogP contribution in [-0.2, 0) is 16.1 Å². The van der Waals surface area contributed by atoms with Gasteiger partial charge in [-0.05, 0) is 19.1 Å². The fraction of sp³-hybridized carbons (Fsp3) is 0.417. The van der Waals surface area contributed by atoms with Gasteiger partial charge in [-0.25, -0.2) is 5.84 Å². The minimum Gasteiger partial charge on any atom is -0.454 e. The zero-order valence-corrected chi connectivity index (χ0v) is 11.1. The zero-order valence-electron chi connectivity index (χ0n) is 11.1. The third kappa shape index (κ3) is 2.64. The largest absolute Gasteiger partial charge is 0.454 e. The molecule has 0 radical (unpaired) electrons. The second kappa shape index (κ2) is 5.74. The number of nitrogens with two attached hydrogens (primary N) is 1. The first kappa shape index (κ1) is 14.1. The maximum absolute atomic E-state index is 11.9. The van der Waals surface area contributed by atoms with Gasteiger partial charge in [-0.1, -0.05) is 0 Å². The third-order valence-electron chi connectivity index (χ3n) is 3.14. The first-order valence-corrected chi connectivity index (χ1v) is 6.24. The first-order chi connectivity index (χ1) is 9.56. The van der Waals surface area contributed by atoms with Gasteiger partial charge in [-0.2, -0.15) is 0 Å². The molecule has 1 saturated heterocycles. The summed E-state index contributed by atoms with van der Waals surface area (Å²) in [5.74, 6) is 3.87. The van der Waals surface area contributed by atoms with Crippen LogP contribution in [0.25, 0.3) is 0 Å². The Bertz CT molecular complexity index is 539. The summed E-state index contributed by atoms with van der Waals surface area (Å²) in [6.07, 6.45) is 0. The molecule has 2 heterocycles. The van der Waals surface area contributed by atoms with Crippen LogP contribution in [0.3, 0.4) is 0 Å². The van der Waals surface area contributed by atoms with Gasteiger partial charge in [0.05, 0.1) is 6.54 Å². The molecule has 1 fully saturated rings. The second-order valence-electron chi connectivity index (χ2n) is 4.35. The number of nitrogens with zero attached hydrogens (tertiary/aromatic N) is 2. The Morgan fingerprint density at radius 1 is 1.30 bits per heavy atom. The van der Waals surface area contributed by atoms with Crippen molar-refractivity contribution in [3.63, 3.8) is 0 Å². The number of nitrogen functional groups attached to an aromatic ring is 1. The molecule has 8 nitrogen and oxygen atoms in total. The van der Waals surface area contributed by atoms with E-state index in [9.17, 15) is 14.4 Å². The Balaban J connectivity index is 2.03. The highest BCUT2D eigenvalue weighted by molar-refractivity contribution is 6.35. The normalized spacial score (nSPS) is 15.7. The Morgan fingerprint density at radius 2 is 1.95 bits per heavy atom. The van der Waals surface area contributed by atoms with Gasteiger partial charge in [0.15, 0.2) is 5.76 Å². The van der Waals surface area contributed by atoms with Gasteiger partial charge in [0.1, 0.15) is 5.76 Å². The number of carbonyl (C=O) groups is 3. The van der Waals surface area contributed by atoms with Gasteiger partial charge in [-0.15, -0.1) is 0 Å². The molecule has 1 aliphatic rings. The number of amides is 3. The van der Waals surface area contributed by atoms with E-state index in [1.54, 1.807) is 6.07 Å². The van der Waals surface area contributed by atoms with Crippen molar-refractivity contribution in [2.24, 2.45) is 5.84 Å². The Morgan fingerprint density at radius 3 is 2.60 bits per heavy atom. The Labute approximate surface area is 115 Å². The van der Waals surface area contributed by atoms with Crippen molar-refractivity contribution < 1.29 is 18.8 Å². The van der Waals surface area contributed by atoms with E-state index in [0.29, 0.717) is 25.4 Å². The fourth-order valence-corrected chi connectivity index (χ4v) is 2.01. The van der Waals surface area contributed by atoms with Gasteiger partial charge in [0.25, 0.3) is 0 Å². The number of nitrogens with one attached hydrogen (secondary N) is 1. The molecule has 0 atom stereocenters. The molecule has 20 heavy (non-hydrogen) atoms. The molecule has 1 aromatic heterocycles. The van der Waals surface area contributed by atoms with E-state index < -0.39 is 17.7 Å². The number of piperazine rings is 1. The number of hydrogen-bond donors (Lipinski definition) is 2. The second-order valence-corrected chi connectivity index (χ2v) is 4.35. The highest BCUT2D eigenvalue weighted by Crippen LogP contribution is 2.13. The lowest BCUT2D eigenvalue weighted by Gasteiger charge is -2.32. The van der Waals surface area contributed by atoms with Crippen LogP contribution in [0.5, 0.6) is 0 Å². The Kier molecular flexibility index (Phi) is 4.04. The highest BCUT2D eigenvalue weighted by atomic mass is 16.4. The minimum atomic E-state index is -0.556. The molecule has 1 aromatic rings. The summed E-state index contributed by atoms with van der Waals surface area (Å²) in [5, 5.41) is 0. The van der Waals surface area contributed by atoms with Crippen molar-refractivity contribution in [2.75, 3.05) is 19.6 Å². The lowest BCUT2D eigenvalue weighted by molar-refractivity contribution is -0.156. The number of carbonyl (C=O) groups excluding carboxylic acids is 3. The summed E-state index contributed by atoms with van der Waals surface area (Å²) in [4.78, 5) is 37.8. The average Bonchev–Trinajstić information content (AvgIpc) is 2.92. The zero-order chi connectivity index (χ0) is 14.7. The molecule has 3 N–H and O–H groups in total. The van der Waals surface area contributed by atoms with E-state index in [1.807, 2.05) is 12.3 Å². The van der Waals surface area contributed by atoms with Gasteiger partial charge >= 0.3 is 17.7 Å². The predicted molar refractivity (Wildman–Crippen MR) is 68.0 cm³/mol. The molecule has 1 aliphatic heterocycles. The number of rotatable bonds is 4. The van der Waals surface area contributed by atoms with Gasteiger partial charge < -0.3 is 14.2 Å². The molecule has 0 saturated carbocycles. The van der Waals surface area contributed by atoms with Crippen LogP contribution in [0, 0.1) is 0 Å². The molecule has 8 heteroatoms. The van der Waals surface area contributed by atoms with Crippen molar-refractivity contribution in [1.82, 2.24) is 15.2 Å². The van der Waals surface area contributed by atoms with Crippen LogP contribution < -0.4 is 11.3 Å². The summed E-state index contributed by atoms with van der Waals surface area (Å²) < 4.78 is 5.26. The van der Waals surface area contributed by atoms with Crippen LogP contribution in [0.4, 0.5) is 0 Å². The van der Waals surface area contributed by atoms with E-state index in [1.165, 1.54) is 15.9 Å². The van der Waals surface area contributed by atoms with Crippen LogP contribution in [0.15, 0.2) is 16.5 Å². The van der Waals surface area contributed by atoms with Crippen molar-refractivity contribution >= 4 is 17.7 Å². The van der Waals surface area contributed by atoms with E-state index >= 15 is 0 Å². The maximum atomic E-state index is 11.9. The van der Waals surface area contributed by atoms with Crippen LogP contribution in [-0.4, -0.2) is 47.2 Å². The van der Waals surface area contributed by atoms with Crippen molar-refractivity contribution in [3.05, 3.63) is 23.7 Å². The lowest BCUT2D eigenvalue weighted by atomic mass is 10.2. The maximum Gasteiger partial charge on any atom is 0.312 e. The molecule has 0 aliphatic carbocycles. The number of hydrazine groups is 1. The summed E-state index contributed by atoms with van der Waals surface area (Å²) in [5.41, 5.74) is 1.95. The van der Waals surface area contributed by atoms with Gasteiger partial charge in [-0.3, -0.25) is 19.8 Å². The molecular formula is C12H16N4O4. The van der Waals surface area contributed by atoms with Crippen molar-refractivity contribution in [1.29, 1.82) is 0 Å². The van der Waals surface area contributed by atoms with E-state index in [-0.39, 0.29) is 12.3 Å². The van der Waals surface area contributed by atoms with E-state index in [0.717, 1.165) is 0 Å². The molecule has 0 bridgehead atoms. The topological polar surface area (TPSA) is 109 Å². The summed E-state index contributed by atoms with van der Waals surface area (Å²) >= 11 is 0. The molecular weight excluding hydrogens is 264 g/mol. The lowest BCUT2D eigenvalue weighted by Crippen LogP contribution is -2.53. The minimum absolute atomic E-state index is 0.0634. The molecule has 2 rings (SSSR count). The highest BCUT2D eigenvalue weighted by Gasteiger charge is 2.32. The molecule has 108 valence electrons. The number of furan rings is 1. The fourth-order valence-electron chi connectivity index (χ4n) is 2.01. The SMILES string of the molecule is CCN1CCN(Cc2ccc(C(=O)NN)o2)C(=O)C1=O. The molecule has 3 amide bonds. The van der Waals surface area contributed by atoms with Crippen molar-refractivity contribution in [3.8, 4) is 0 Å². The van der Waals surface area contributed by atoms with Crippen LogP contribution in [0.1, 0.15) is 23.2 Å². The predicted octanol–water partition coefficient (Wildman–Crippen LogP) is -0.926. The average molecular weight is 280 g/mol. The van der Waals surface area contributed by atoms with Crippen LogP contribution in [0.2, 0.25) is 0 Å². The smallest absolute Gasteiger partial charge is 0.312 e. The van der Waals surface area contributed by atoms with Gasteiger partial charge in [0.2, 0.25) is 0 Å². The van der Waals surface area contributed by atoms with Gasteiger partial charge in [0, 0.05) is 19.6 Å². The monoisotopic (exact) mass is 280 g/mol. The molecule has 0 aromatic carbocycles. The third-order valence-corrected chi connectivity index (χ3v) is 3.14. The Hall–Kier alpha value is -2.35. The van der Waals surface area contributed by atoms with Crippen LogP contribution >= 0.6 is 0 Å². The van der Waals surface area contributed by atoms with E-state index in [4.69, 9.17) is 10.3 Å². The summed E-state index contributed by atoms with van der Waals surface area (Å²) in [6.45, 7) is 3.43. The molecule has 0 unspecified atom stereocenters. The first-order valence-electron chi connectivity index (χ1n) is 6.24. The number of hydrogen-bond acceptors (Lipinski definition) is 5. The molecule has 0 spiro atoms.